The molecule has 0 fully saturated rings. The Balaban J connectivity index is 1.38. The van der Waals surface area contributed by atoms with E-state index in [1.54, 1.807) is 4.90 Å². The highest BCUT2D eigenvalue weighted by Crippen LogP contribution is 2.32. The maximum atomic E-state index is 13.1. The Labute approximate surface area is 244 Å². The minimum Gasteiger partial charge on any atom is -0.465 e. The lowest BCUT2D eigenvalue weighted by Crippen LogP contribution is -2.36. The Morgan fingerprint density at radius 3 is 2.52 bits per heavy atom. The average Bonchev–Trinajstić information content (AvgIpc) is 2.98. The summed E-state index contributed by atoms with van der Waals surface area (Å²) in [5, 5.41) is 1.80. The number of likely N-dealkylation sites (N-methyl/N-ethyl adjacent to an activating group) is 1. The number of carbonyl (C=O) groups is 2. The second-order valence-corrected chi connectivity index (χ2v) is 11.0. The molecule has 1 atom stereocenters. The molecule has 8 heteroatoms. The van der Waals surface area contributed by atoms with Gasteiger partial charge in [-0.1, -0.05) is 65.7 Å². The number of para-hydroxylation sites is 1. The number of methoxy groups -OCH3 is 1. The monoisotopic (exact) mass is 575 g/mol. The smallest absolute Gasteiger partial charge is 0.338 e. The first-order chi connectivity index (χ1) is 19.4. The molecule has 1 amide bonds. The highest BCUT2D eigenvalue weighted by atomic mass is 35.5. The van der Waals surface area contributed by atoms with Crippen LogP contribution in [0, 0.1) is 0 Å². The number of rotatable bonds is 8. The molecule has 1 aromatic heterocycles. The number of esters is 1. The van der Waals surface area contributed by atoms with Crippen LogP contribution in [0.4, 0.5) is 0 Å². The van der Waals surface area contributed by atoms with Gasteiger partial charge in [0.1, 0.15) is 0 Å². The number of amides is 1. The summed E-state index contributed by atoms with van der Waals surface area (Å²) in [7, 11) is 3.25. The van der Waals surface area contributed by atoms with Crippen LogP contribution < -0.4 is 0 Å². The summed E-state index contributed by atoms with van der Waals surface area (Å²) < 4.78 is 5.18. The molecule has 5 rings (SSSR count). The summed E-state index contributed by atoms with van der Waals surface area (Å²) in [4.78, 5) is 35.0. The first-order valence-corrected chi connectivity index (χ1v) is 14.1. The van der Waals surface area contributed by atoms with Gasteiger partial charge in [0.25, 0.3) is 5.91 Å². The molecule has 2 heterocycles. The molecule has 206 valence electrons. The van der Waals surface area contributed by atoms with Crippen molar-refractivity contribution in [1.29, 1.82) is 0 Å². The van der Waals surface area contributed by atoms with Crippen LogP contribution in [-0.4, -0.2) is 60.5 Å². The lowest BCUT2D eigenvalue weighted by atomic mass is 9.93. The molecule has 3 aromatic carbocycles. The fraction of sp³-hybridized carbons (Fsp3) is 0.281. The predicted octanol–water partition coefficient (Wildman–Crippen LogP) is 6.63. The summed E-state index contributed by atoms with van der Waals surface area (Å²) in [6, 6.07) is 22.7. The van der Waals surface area contributed by atoms with Crippen LogP contribution in [0.1, 0.15) is 49.9 Å². The summed E-state index contributed by atoms with van der Waals surface area (Å²) in [6.45, 7) is 2.72. The normalized spacial score (nSPS) is 14.0. The molecule has 0 radical (unpaired) electrons. The number of halogens is 2. The number of ether oxygens (including phenoxy) is 1. The van der Waals surface area contributed by atoms with Crippen LogP contribution >= 0.6 is 23.2 Å². The van der Waals surface area contributed by atoms with Crippen molar-refractivity contribution in [3.8, 4) is 0 Å². The third-order valence-corrected chi connectivity index (χ3v) is 8.32. The molecule has 40 heavy (non-hydrogen) atoms. The number of pyridine rings is 1. The molecule has 0 N–H and O–H groups in total. The summed E-state index contributed by atoms with van der Waals surface area (Å²) >= 11 is 12.6. The van der Waals surface area contributed by atoms with Crippen LogP contribution in [0.25, 0.3) is 10.9 Å². The van der Waals surface area contributed by atoms with Gasteiger partial charge in [0, 0.05) is 61.2 Å². The van der Waals surface area contributed by atoms with E-state index in [0.29, 0.717) is 34.3 Å². The van der Waals surface area contributed by atoms with Crippen molar-refractivity contribution < 1.29 is 14.3 Å². The molecule has 6 nitrogen and oxygen atoms in total. The molecule has 0 aliphatic carbocycles. The van der Waals surface area contributed by atoms with Gasteiger partial charge in [-0.25, -0.2) is 4.79 Å². The number of carbonyl (C=O) groups excluding carboxylic acids is 2. The first kappa shape index (κ1) is 28.1. The zero-order valence-electron chi connectivity index (χ0n) is 22.6. The van der Waals surface area contributed by atoms with E-state index in [-0.39, 0.29) is 17.8 Å². The van der Waals surface area contributed by atoms with E-state index in [2.05, 4.69) is 4.90 Å². The number of hydrogen-bond acceptors (Lipinski definition) is 5. The van der Waals surface area contributed by atoms with E-state index in [4.69, 9.17) is 32.9 Å². The van der Waals surface area contributed by atoms with E-state index in [1.165, 1.54) is 7.11 Å². The van der Waals surface area contributed by atoms with Crippen LogP contribution in [0.5, 0.6) is 0 Å². The van der Waals surface area contributed by atoms with Gasteiger partial charge in [-0.3, -0.25) is 14.7 Å². The van der Waals surface area contributed by atoms with E-state index in [0.717, 1.165) is 53.7 Å². The maximum Gasteiger partial charge on any atom is 0.338 e. The molecule has 4 aromatic rings. The predicted molar refractivity (Wildman–Crippen MR) is 159 cm³/mol. The van der Waals surface area contributed by atoms with E-state index >= 15 is 0 Å². The van der Waals surface area contributed by atoms with Crippen molar-refractivity contribution in [3.63, 3.8) is 0 Å². The Kier molecular flexibility index (Phi) is 8.69. The topological polar surface area (TPSA) is 62.7 Å². The van der Waals surface area contributed by atoms with Crippen molar-refractivity contribution in [2.75, 3.05) is 33.8 Å². The van der Waals surface area contributed by atoms with Crippen molar-refractivity contribution in [2.24, 2.45) is 0 Å². The Morgan fingerprint density at radius 1 is 1.02 bits per heavy atom. The summed E-state index contributed by atoms with van der Waals surface area (Å²) in [6.07, 6.45) is 1.53. The number of fused-ring (bicyclic) bond motifs is 2. The molecular weight excluding hydrogens is 545 g/mol. The molecule has 1 unspecified atom stereocenters. The largest absolute Gasteiger partial charge is 0.465 e. The number of nitrogens with zero attached hydrogens (tertiary/aromatic N) is 3. The number of benzene rings is 3. The van der Waals surface area contributed by atoms with Crippen molar-refractivity contribution in [1.82, 2.24) is 14.8 Å². The fourth-order valence-electron chi connectivity index (χ4n) is 5.45. The standard InChI is InChI=1S/C32H31Cl2N3O3/c1-36(31(38)21-8-4-3-5-9-21)19-23(22-12-13-26(33)27(34)18-22)14-16-37-17-15-29-25(20-37)30(32(39)40-2)24-10-6-7-11-28(24)35-29/h3-13,18,23H,14-17,19-20H2,1-2H3. The third-order valence-electron chi connectivity index (χ3n) is 7.59. The van der Waals surface area contributed by atoms with Crippen LogP contribution in [0.15, 0.2) is 72.8 Å². The Hall–Kier alpha value is -3.45. The van der Waals surface area contributed by atoms with Gasteiger partial charge in [-0.2, -0.15) is 0 Å². The molecule has 0 saturated heterocycles. The van der Waals surface area contributed by atoms with Gasteiger partial charge < -0.3 is 9.64 Å². The van der Waals surface area contributed by atoms with Crippen LogP contribution in [0.3, 0.4) is 0 Å². The average molecular weight is 577 g/mol. The van der Waals surface area contributed by atoms with Gasteiger partial charge in [0.2, 0.25) is 0 Å². The summed E-state index contributed by atoms with van der Waals surface area (Å²) in [5.41, 5.74) is 4.97. The van der Waals surface area contributed by atoms with Crippen LogP contribution in [-0.2, 0) is 17.7 Å². The molecule has 1 aliphatic rings. The first-order valence-electron chi connectivity index (χ1n) is 13.3. The lowest BCUT2D eigenvalue weighted by molar-refractivity contribution is 0.0599. The van der Waals surface area contributed by atoms with Crippen molar-refractivity contribution >= 4 is 46.0 Å². The quantitative estimate of drug-likeness (QED) is 0.220. The zero-order chi connectivity index (χ0) is 28.2. The van der Waals surface area contributed by atoms with E-state index in [9.17, 15) is 9.59 Å². The molecular formula is C32H31Cl2N3O3. The number of hydrogen-bond donors (Lipinski definition) is 0. The number of aromatic nitrogens is 1. The van der Waals surface area contributed by atoms with Gasteiger partial charge >= 0.3 is 5.97 Å². The molecule has 1 aliphatic heterocycles. The van der Waals surface area contributed by atoms with Crippen LogP contribution in [0.2, 0.25) is 10.0 Å². The zero-order valence-corrected chi connectivity index (χ0v) is 24.1. The fourth-order valence-corrected chi connectivity index (χ4v) is 5.76. The van der Waals surface area contributed by atoms with E-state index < -0.39 is 0 Å². The minimum atomic E-state index is -0.341. The van der Waals surface area contributed by atoms with Gasteiger partial charge in [-0.05, 0) is 48.9 Å². The van der Waals surface area contributed by atoms with Gasteiger partial charge in [-0.15, -0.1) is 0 Å². The van der Waals surface area contributed by atoms with Crippen molar-refractivity contribution in [3.05, 3.63) is 111 Å². The SMILES string of the molecule is COC(=O)c1c2c(nc3ccccc13)CCN(CCC(CN(C)C(=O)c1ccccc1)c1ccc(Cl)c(Cl)c1)C2. The molecule has 0 spiro atoms. The van der Waals surface area contributed by atoms with Gasteiger partial charge in [0.15, 0.2) is 0 Å². The minimum absolute atomic E-state index is 0.0294. The molecule has 0 bridgehead atoms. The van der Waals surface area contributed by atoms with E-state index in [1.807, 2.05) is 79.8 Å². The lowest BCUT2D eigenvalue weighted by Gasteiger charge is -2.32. The molecule has 0 saturated carbocycles. The maximum absolute atomic E-state index is 13.1. The Morgan fingerprint density at radius 2 is 1.77 bits per heavy atom. The highest BCUT2D eigenvalue weighted by molar-refractivity contribution is 6.42. The van der Waals surface area contributed by atoms with Crippen molar-refractivity contribution in [2.45, 2.75) is 25.3 Å². The summed E-state index contributed by atoms with van der Waals surface area (Å²) in [5.74, 6) is -0.340. The Bertz CT molecular complexity index is 1540. The third kappa shape index (κ3) is 5.99. The van der Waals surface area contributed by atoms with Gasteiger partial charge in [0.05, 0.1) is 28.2 Å². The second-order valence-electron chi connectivity index (χ2n) is 10.2. The highest BCUT2D eigenvalue weighted by Gasteiger charge is 2.27. The second kappa shape index (κ2) is 12.4.